The lowest BCUT2D eigenvalue weighted by Crippen LogP contribution is -2.67. The molecule has 118 valence electrons. The summed E-state index contributed by atoms with van der Waals surface area (Å²) in [4.78, 5) is 2.56. The smallest absolute Gasteiger partial charge is 0.0637 e. The van der Waals surface area contributed by atoms with Gasteiger partial charge in [0.05, 0.1) is 10.0 Å². The van der Waals surface area contributed by atoms with Crippen molar-refractivity contribution in [2.24, 2.45) is 0 Å². The lowest BCUT2D eigenvalue weighted by molar-refractivity contribution is 0.0105. The molecule has 2 nitrogen and oxygen atoms in total. The topological polar surface area (TPSA) is 15.3 Å². The molecule has 0 saturated carbocycles. The Balaban J connectivity index is 2.26. The lowest BCUT2D eigenvalue weighted by atomic mass is 9.85. The molecular weight excluding hydrogens is 303 g/mol. The number of nitrogens with zero attached hydrogens (tertiary/aromatic N) is 1. The molecule has 1 aliphatic heterocycles. The first-order chi connectivity index (χ1) is 9.83. The second-order valence-corrected chi connectivity index (χ2v) is 7.47. The highest BCUT2D eigenvalue weighted by Gasteiger charge is 2.40. The third kappa shape index (κ3) is 3.56. The van der Waals surface area contributed by atoms with Gasteiger partial charge in [0.2, 0.25) is 0 Å². The SMILES string of the molecule is CCC1(C)CN(Cc2cccc(Cl)c2Cl)C(C)(CC)CN1. The van der Waals surface area contributed by atoms with Crippen molar-refractivity contribution in [2.75, 3.05) is 13.1 Å². The van der Waals surface area contributed by atoms with Crippen LogP contribution in [-0.2, 0) is 6.54 Å². The van der Waals surface area contributed by atoms with Gasteiger partial charge in [0.25, 0.3) is 0 Å². The summed E-state index contributed by atoms with van der Waals surface area (Å²) in [5.74, 6) is 0. The number of piperazine rings is 1. The van der Waals surface area contributed by atoms with Crippen LogP contribution >= 0.6 is 23.2 Å². The molecule has 1 aromatic carbocycles. The summed E-state index contributed by atoms with van der Waals surface area (Å²) in [6, 6.07) is 5.91. The van der Waals surface area contributed by atoms with E-state index < -0.39 is 0 Å². The molecule has 21 heavy (non-hydrogen) atoms. The van der Waals surface area contributed by atoms with Gasteiger partial charge in [-0.2, -0.15) is 0 Å². The Morgan fingerprint density at radius 1 is 1.19 bits per heavy atom. The number of rotatable bonds is 4. The van der Waals surface area contributed by atoms with Crippen molar-refractivity contribution in [3.63, 3.8) is 0 Å². The van der Waals surface area contributed by atoms with Crippen LogP contribution in [0.4, 0.5) is 0 Å². The van der Waals surface area contributed by atoms with Crippen LogP contribution in [0.3, 0.4) is 0 Å². The molecule has 1 saturated heterocycles. The van der Waals surface area contributed by atoms with Gasteiger partial charge in [0.15, 0.2) is 0 Å². The number of hydrogen-bond donors (Lipinski definition) is 1. The van der Waals surface area contributed by atoms with Gasteiger partial charge in [0, 0.05) is 30.7 Å². The van der Waals surface area contributed by atoms with Crippen LogP contribution in [0.15, 0.2) is 18.2 Å². The van der Waals surface area contributed by atoms with Gasteiger partial charge in [-0.3, -0.25) is 4.90 Å². The quantitative estimate of drug-likeness (QED) is 0.859. The first-order valence-corrected chi connectivity index (χ1v) is 8.52. The molecule has 0 amide bonds. The highest BCUT2D eigenvalue weighted by atomic mass is 35.5. The van der Waals surface area contributed by atoms with Crippen LogP contribution in [-0.4, -0.2) is 29.1 Å². The average Bonchev–Trinajstić information content (AvgIpc) is 2.48. The summed E-state index contributed by atoms with van der Waals surface area (Å²) in [7, 11) is 0. The van der Waals surface area contributed by atoms with Gasteiger partial charge in [-0.25, -0.2) is 0 Å². The van der Waals surface area contributed by atoms with Crippen molar-refractivity contribution in [1.82, 2.24) is 10.2 Å². The Morgan fingerprint density at radius 3 is 2.52 bits per heavy atom. The van der Waals surface area contributed by atoms with E-state index in [4.69, 9.17) is 23.2 Å². The Kier molecular flexibility index (Phi) is 5.25. The molecule has 1 N–H and O–H groups in total. The van der Waals surface area contributed by atoms with Gasteiger partial charge >= 0.3 is 0 Å². The van der Waals surface area contributed by atoms with E-state index in [0.717, 1.165) is 38.0 Å². The van der Waals surface area contributed by atoms with Crippen molar-refractivity contribution < 1.29 is 0 Å². The van der Waals surface area contributed by atoms with E-state index in [-0.39, 0.29) is 11.1 Å². The standard InChI is InChI=1S/C17H26Cl2N2/c1-5-16(3)12-21(17(4,6-2)11-20-16)10-13-8-7-9-14(18)15(13)19/h7-9,20H,5-6,10-12H2,1-4H3. The van der Waals surface area contributed by atoms with E-state index in [1.807, 2.05) is 12.1 Å². The van der Waals surface area contributed by atoms with E-state index in [0.29, 0.717) is 10.0 Å². The molecule has 1 aromatic rings. The summed E-state index contributed by atoms with van der Waals surface area (Å²) in [5, 5.41) is 5.06. The van der Waals surface area contributed by atoms with Crippen LogP contribution in [0.25, 0.3) is 0 Å². The summed E-state index contributed by atoms with van der Waals surface area (Å²) in [6.45, 7) is 12.0. The van der Waals surface area contributed by atoms with Crippen molar-refractivity contribution >= 4 is 23.2 Å². The highest BCUT2D eigenvalue weighted by Crippen LogP contribution is 2.33. The molecule has 1 fully saturated rings. The van der Waals surface area contributed by atoms with Crippen molar-refractivity contribution in [3.8, 4) is 0 Å². The van der Waals surface area contributed by atoms with Crippen LogP contribution in [0.1, 0.15) is 46.1 Å². The van der Waals surface area contributed by atoms with Crippen LogP contribution in [0, 0.1) is 0 Å². The first-order valence-electron chi connectivity index (χ1n) is 7.76. The Labute approximate surface area is 138 Å². The molecule has 1 aliphatic rings. The maximum atomic E-state index is 6.38. The average molecular weight is 329 g/mol. The lowest BCUT2D eigenvalue weighted by Gasteiger charge is -2.52. The molecule has 0 bridgehead atoms. The summed E-state index contributed by atoms with van der Waals surface area (Å²) < 4.78 is 0. The molecule has 4 heteroatoms. The molecule has 2 unspecified atom stereocenters. The molecule has 0 spiro atoms. The highest BCUT2D eigenvalue weighted by molar-refractivity contribution is 6.42. The van der Waals surface area contributed by atoms with Crippen LogP contribution in [0.2, 0.25) is 10.0 Å². The molecule has 1 heterocycles. The minimum Gasteiger partial charge on any atom is -0.308 e. The predicted octanol–water partition coefficient (Wildman–Crippen LogP) is 4.74. The normalized spacial score (nSPS) is 30.6. The largest absolute Gasteiger partial charge is 0.308 e. The summed E-state index contributed by atoms with van der Waals surface area (Å²) in [5.41, 5.74) is 1.43. The first kappa shape index (κ1) is 17.1. The van der Waals surface area contributed by atoms with Crippen molar-refractivity contribution in [1.29, 1.82) is 0 Å². The third-order valence-corrected chi connectivity index (χ3v) is 5.99. The second-order valence-electron chi connectivity index (χ2n) is 6.69. The Morgan fingerprint density at radius 2 is 1.90 bits per heavy atom. The molecule has 0 aliphatic carbocycles. The van der Waals surface area contributed by atoms with E-state index in [9.17, 15) is 0 Å². The van der Waals surface area contributed by atoms with Gasteiger partial charge in [-0.15, -0.1) is 0 Å². The molecule has 2 rings (SSSR count). The third-order valence-electron chi connectivity index (χ3n) is 5.13. The van der Waals surface area contributed by atoms with Gasteiger partial charge in [0.1, 0.15) is 0 Å². The van der Waals surface area contributed by atoms with E-state index in [1.165, 1.54) is 0 Å². The monoisotopic (exact) mass is 328 g/mol. The molecule has 0 radical (unpaired) electrons. The van der Waals surface area contributed by atoms with Gasteiger partial charge in [-0.1, -0.05) is 49.2 Å². The number of halogens is 2. The minimum atomic E-state index is 0.153. The fourth-order valence-corrected chi connectivity index (χ4v) is 3.27. The Hall–Kier alpha value is -0.280. The fourth-order valence-electron chi connectivity index (χ4n) is 2.89. The van der Waals surface area contributed by atoms with E-state index in [1.54, 1.807) is 0 Å². The zero-order chi connectivity index (χ0) is 15.7. The minimum absolute atomic E-state index is 0.153. The Bertz CT molecular complexity index is 506. The van der Waals surface area contributed by atoms with E-state index in [2.05, 4.69) is 44.0 Å². The maximum Gasteiger partial charge on any atom is 0.0637 e. The summed E-state index contributed by atoms with van der Waals surface area (Å²) in [6.07, 6.45) is 2.23. The zero-order valence-electron chi connectivity index (χ0n) is 13.5. The predicted molar refractivity (Wildman–Crippen MR) is 92.3 cm³/mol. The maximum absolute atomic E-state index is 6.38. The second kappa shape index (κ2) is 6.45. The zero-order valence-corrected chi connectivity index (χ0v) is 15.0. The van der Waals surface area contributed by atoms with Crippen molar-refractivity contribution in [3.05, 3.63) is 33.8 Å². The van der Waals surface area contributed by atoms with E-state index >= 15 is 0 Å². The van der Waals surface area contributed by atoms with Gasteiger partial charge < -0.3 is 5.32 Å². The number of nitrogens with one attached hydrogen (secondary N) is 1. The number of benzene rings is 1. The molecular formula is C17H26Cl2N2. The van der Waals surface area contributed by atoms with Crippen molar-refractivity contribution in [2.45, 2.75) is 58.2 Å². The summed E-state index contributed by atoms with van der Waals surface area (Å²) >= 11 is 12.5. The number of hydrogen-bond acceptors (Lipinski definition) is 2. The fraction of sp³-hybridized carbons (Fsp3) is 0.647. The van der Waals surface area contributed by atoms with Crippen LogP contribution in [0.5, 0.6) is 0 Å². The molecule has 0 aromatic heterocycles. The van der Waals surface area contributed by atoms with Gasteiger partial charge in [-0.05, 0) is 38.3 Å². The molecule has 2 atom stereocenters. The van der Waals surface area contributed by atoms with Crippen LogP contribution < -0.4 is 5.32 Å².